The van der Waals surface area contributed by atoms with Crippen molar-refractivity contribution in [3.63, 3.8) is 0 Å². The number of aliphatic hydroxyl groups excluding tert-OH is 1. The van der Waals surface area contributed by atoms with Gasteiger partial charge in [0.05, 0.1) is 24.9 Å². The zero-order valence-corrected chi connectivity index (χ0v) is 8.11. The molecule has 4 atom stereocenters. The maximum Gasteiger partial charge on any atom is 0.0842 e. The lowest BCUT2D eigenvalue weighted by molar-refractivity contribution is -0.189. The molecule has 13 heavy (non-hydrogen) atoms. The Morgan fingerprint density at radius 1 is 1.38 bits per heavy atom. The van der Waals surface area contributed by atoms with Gasteiger partial charge < -0.3 is 14.6 Å². The minimum Gasteiger partial charge on any atom is -0.394 e. The second-order valence-electron chi connectivity index (χ2n) is 4.16. The topological polar surface area (TPSA) is 38.7 Å². The molecule has 0 aliphatic carbocycles. The van der Waals surface area contributed by atoms with E-state index in [1.54, 1.807) is 0 Å². The molecule has 76 valence electrons. The first-order chi connectivity index (χ1) is 6.31. The van der Waals surface area contributed by atoms with Crippen LogP contribution >= 0.6 is 0 Å². The average molecular weight is 186 g/mol. The third-order valence-electron chi connectivity index (χ3n) is 3.15. The fourth-order valence-corrected chi connectivity index (χ4v) is 2.29. The van der Waals surface area contributed by atoms with Gasteiger partial charge >= 0.3 is 0 Å². The largest absolute Gasteiger partial charge is 0.394 e. The summed E-state index contributed by atoms with van der Waals surface area (Å²) in [7, 11) is 0. The van der Waals surface area contributed by atoms with Gasteiger partial charge in [0.2, 0.25) is 0 Å². The summed E-state index contributed by atoms with van der Waals surface area (Å²) in [5.74, 6) is 0.421. The van der Waals surface area contributed by atoms with E-state index in [2.05, 4.69) is 6.92 Å². The van der Waals surface area contributed by atoms with Crippen molar-refractivity contribution in [2.24, 2.45) is 5.92 Å². The quantitative estimate of drug-likeness (QED) is 0.662. The summed E-state index contributed by atoms with van der Waals surface area (Å²) in [5, 5.41) is 9.09. The van der Waals surface area contributed by atoms with Gasteiger partial charge in [-0.15, -0.1) is 0 Å². The van der Waals surface area contributed by atoms with Gasteiger partial charge in [0.25, 0.3) is 0 Å². The number of hydrogen-bond acceptors (Lipinski definition) is 3. The summed E-state index contributed by atoms with van der Waals surface area (Å²) in [4.78, 5) is 0. The average Bonchev–Trinajstić information content (AvgIpc) is 2.17. The Morgan fingerprint density at radius 2 is 2.23 bits per heavy atom. The first kappa shape index (κ1) is 9.44. The maximum atomic E-state index is 9.09. The first-order valence-electron chi connectivity index (χ1n) is 5.19. The van der Waals surface area contributed by atoms with E-state index in [9.17, 15) is 0 Å². The molecule has 3 heteroatoms. The molecule has 0 saturated carbocycles. The highest BCUT2D eigenvalue weighted by Crippen LogP contribution is 2.31. The SMILES string of the molecule is CC1CC2OCCCC2OC1CO. The van der Waals surface area contributed by atoms with Gasteiger partial charge in [0, 0.05) is 6.61 Å². The van der Waals surface area contributed by atoms with Crippen molar-refractivity contribution in [3.05, 3.63) is 0 Å². The third-order valence-corrected chi connectivity index (χ3v) is 3.15. The molecule has 2 aliphatic heterocycles. The molecule has 2 aliphatic rings. The molecule has 2 saturated heterocycles. The van der Waals surface area contributed by atoms with Crippen molar-refractivity contribution >= 4 is 0 Å². The van der Waals surface area contributed by atoms with Crippen molar-refractivity contribution < 1.29 is 14.6 Å². The molecule has 0 amide bonds. The monoisotopic (exact) mass is 186 g/mol. The van der Waals surface area contributed by atoms with Gasteiger partial charge in [-0.1, -0.05) is 6.92 Å². The molecule has 2 rings (SSSR count). The van der Waals surface area contributed by atoms with Gasteiger partial charge in [-0.2, -0.15) is 0 Å². The fourth-order valence-electron chi connectivity index (χ4n) is 2.29. The van der Waals surface area contributed by atoms with Crippen molar-refractivity contribution in [2.45, 2.75) is 44.5 Å². The number of aliphatic hydroxyl groups is 1. The Kier molecular flexibility index (Phi) is 2.86. The standard InChI is InChI=1S/C10H18O3/c1-7-5-9-8(3-2-4-12-9)13-10(7)6-11/h7-11H,2-6H2,1H3. The van der Waals surface area contributed by atoms with Crippen LogP contribution in [-0.4, -0.2) is 36.6 Å². The van der Waals surface area contributed by atoms with E-state index in [0.717, 1.165) is 25.9 Å². The molecule has 0 aromatic carbocycles. The van der Waals surface area contributed by atoms with E-state index in [-0.39, 0.29) is 24.9 Å². The van der Waals surface area contributed by atoms with Crippen LogP contribution in [-0.2, 0) is 9.47 Å². The number of hydrogen-bond donors (Lipinski definition) is 1. The molecule has 0 spiro atoms. The fraction of sp³-hybridized carbons (Fsp3) is 1.00. The van der Waals surface area contributed by atoms with Crippen LogP contribution in [0.25, 0.3) is 0 Å². The molecule has 2 heterocycles. The maximum absolute atomic E-state index is 9.09. The third kappa shape index (κ3) is 1.87. The Morgan fingerprint density at radius 3 is 3.00 bits per heavy atom. The molecule has 2 fully saturated rings. The predicted octanol–water partition coefficient (Wildman–Crippen LogP) is 0.951. The molecule has 4 unspecified atom stereocenters. The highest BCUT2D eigenvalue weighted by Gasteiger charge is 2.37. The van der Waals surface area contributed by atoms with Crippen LogP contribution in [0.4, 0.5) is 0 Å². The highest BCUT2D eigenvalue weighted by molar-refractivity contribution is 4.85. The number of ether oxygens (including phenoxy) is 2. The van der Waals surface area contributed by atoms with Gasteiger partial charge in [-0.3, -0.25) is 0 Å². The minimum absolute atomic E-state index is 0.0305. The zero-order chi connectivity index (χ0) is 9.26. The van der Waals surface area contributed by atoms with Gasteiger partial charge in [-0.25, -0.2) is 0 Å². The lowest BCUT2D eigenvalue weighted by Crippen LogP contribution is -2.48. The molecule has 3 nitrogen and oxygen atoms in total. The lowest BCUT2D eigenvalue weighted by atomic mass is 9.88. The van der Waals surface area contributed by atoms with Crippen molar-refractivity contribution in [1.29, 1.82) is 0 Å². The number of fused-ring (bicyclic) bond motifs is 1. The Labute approximate surface area is 79.0 Å². The van der Waals surface area contributed by atoms with E-state index in [0.29, 0.717) is 5.92 Å². The van der Waals surface area contributed by atoms with E-state index in [1.807, 2.05) is 0 Å². The van der Waals surface area contributed by atoms with Crippen LogP contribution in [0.2, 0.25) is 0 Å². The van der Waals surface area contributed by atoms with Crippen LogP contribution in [0.3, 0.4) is 0 Å². The summed E-state index contributed by atoms with van der Waals surface area (Å²) in [5.41, 5.74) is 0. The summed E-state index contributed by atoms with van der Waals surface area (Å²) in [6.07, 6.45) is 3.77. The van der Waals surface area contributed by atoms with Crippen LogP contribution in [0, 0.1) is 5.92 Å². The first-order valence-corrected chi connectivity index (χ1v) is 5.19. The summed E-state index contributed by atoms with van der Waals surface area (Å²) < 4.78 is 11.4. The van der Waals surface area contributed by atoms with Crippen molar-refractivity contribution in [2.75, 3.05) is 13.2 Å². The van der Waals surface area contributed by atoms with Crippen molar-refractivity contribution in [1.82, 2.24) is 0 Å². The molecule has 1 N–H and O–H groups in total. The van der Waals surface area contributed by atoms with Gasteiger partial charge in [0.1, 0.15) is 0 Å². The van der Waals surface area contributed by atoms with Crippen LogP contribution in [0.15, 0.2) is 0 Å². The highest BCUT2D eigenvalue weighted by atomic mass is 16.6. The summed E-state index contributed by atoms with van der Waals surface area (Å²) >= 11 is 0. The molecular formula is C10H18O3. The van der Waals surface area contributed by atoms with Crippen LogP contribution in [0.1, 0.15) is 26.2 Å². The second kappa shape index (κ2) is 3.95. The molecular weight excluding hydrogens is 168 g/mol. The molecule has 0 bridgehead atoms. The second-order valence-corrected chi connectivity index (χ2v) is 4.16. The molecule has 0 radical (unpaired) electrons. The summed E-state index contributed by atoms with van der Waals surface area (Å²) in [6, 6.07) is 0. The Hall–Kier alpha value is -0.120. The van der Waals surface area contributed by atoms with Crippen LogP contribution < -0.4 is 0 Å². The molecule has 0 aromatic heterocycles. The Bertz CT molecular complexity index is 172. The van der Waals surface area contributed by atoms with Gasteiger partial charge in [-0.05, 0) is 25.2 Å². The van der Waals surface area contributed by atoms with Crippen LogP contribution in [0.5, 0.6) is 0 Å². The van der Waals surface area contributed by atoms with Gasteiger partial charge in [0.15, 0.2) is 0 Å². The van der Waals surface area contributed by atoms with E-state index in [1.165, 1.54) is 0 Å². The Balaban J connectivity index is 1.97. The zero-order valence-electron chi connectivity index (χ0n) is 8.11. The minimum atomic E-state index is 0.0305. The predicted molar refractivity (Wildman–Crippen MR) is 48.5 cm³/mol. The number of rotatable bonds is 1. The van der Waals surface area contributed by atoms with E-state index >= 15 is 0 Å². The smallest absolute Gasteiger partial charge is 0.0842 e. The molecule has 0 aromatic rings. The summed E-state index contributed by atoms with van der Waals surface area (Å²) in [6.45, 7) is 3.14. The van der Waals surface area contributed by atoms with E-state index in [4.69, 9.17) is 14.6 Å². The normalized spacial score (nSPS) is 45.7. The van der Waals surface area contributed by atoms with Crippen molar-refractivity contribution in [3.8, 4) is 0 Å². The van der Waals surface area contributed by atoms with E-state index < -0.39 is 0 Å². The lowest BCUT2D eigenvalue weighted by Gasteiger charge is -2.42.